The number of benzene rings is 1. The molecule has 26 heavy (non-hydrogen) atoms. The summed E-state index contributed by atoms with van der Waals surface area (Å²) in [6.07, 6.45) is 1.71. The molecular formula is C19H25N3O4. The Bertz CT molecular complexity index is 689. The van der Waals surface area contributed by atoms with E-state index in [1.165, 1.54) is 6.92 Å². The van der Waals surface area contributed by atoms with E-state index < -0.39 is 0 Å². The lowest BCUT2D eigenvalue weighted by atomic mass is 10.1. The first-order valence-electron chi connectivity index (χ1n) is 8.93. The molecule has 2 aliphatic rings. The number of methoxy groups -OCH3 is 1. The van der Waals surface area contributed by atoms with Gasteiger partial charge in [0.1, 0.15) is 5.75 Å². The SMILES string of the molecule is COc1ccc(CCC(=O)N2CC(=O)N3C[C@@H](NC(C)=O)C[C@H]3C2)cc1. The Balaban J connectivity index is 1.54. The molecule has 0 spiro atoms. The quantitative estimate of drug-likeness (QED) is 0.834. The number of carbonyl (C=O) groups is 3. The molecule has 1 aromatic rings. The smallest absolute Gasteiger partial charge is 0.242 e. The number of nitrogens with one attached hydrogen (secondary N) is 1. The fourth-order valence-electron chi connectivity index (χ4n) is 3.75. The van der Waals surface area contributed by atoms with Gasteiger partial charge in [-0.15, -0.1) is 0 Å². The zero-order valence-electron chi connectivity index (χ0n) is 15.2. The molecule has 3 amide bonds. The fourth-order valence-corrected chi connectivity index (χ4v) is 3.75. The molecule has 140 valence electrons. The highest BCUT2D eigenvalue weighted by Crippen LogP contribution is 2.24. The van der Waals surface area contributed by atoms with Crippen LogP contribution in [0.5, 0.6) is 5.75 Å². The van der Waals surface area contributed by atoms with Crippen LogP contribution in [0.25, 0.3) is 0 Å². The Hall–Kier alpha value is -2.57. The van der Waals surface area contributed by atoms with Gasteiger partial charge >= 0.3 is 0 Å². The van der Waals surface area contributed by atoms with E-state index >= 15 is 0 Å². The number of hydrogen-bond acceptors (Lipinski definition) is 4. The minimum absolute atomic E-state index is 0.00182. The van der Waals surface area contributed by atoms with Crippen LogP contribution < -0.4 is 10.1 Å². The number of ether oxygens (including phenoxy) is 1. The Morgan fingerprint density at radius 1 is 1.23 bits per heavy atom. The van der Waals surface area contributed by atoms with Crippen molar-refractivity contribution in [1.82, 2.24) is 15.1 Å². The summed E-state index contributed by atoms with van der Waals surface area (Å²) < 4.78 is 5.13. The Kier molecular flexibility index (Phi) is 5.44. The van der Waals surface area contributed by atoms with Crippen molar-refractivity contribution >= 4 is 17.7 Å². The zero-order chi connectivity index (χ0) is 18.7. The van der Waals surface area contributed by atoms with E-state index in [1.807, 2.05) is 24.3 Å². The number of hydrogen-bond donors (Lipinski definition) is 1. The summed E-state index contributed by atoms with van der Waals surface area (Å²) >= 11 is 0. The van der Waals surface area contributed by atoms with Gasteiger partial charge in [0.25, 0.3) is 0 Å². The molecule has 2 aliphatic heterocycles. The lowest BCUT2D eigenvalue weighted by molar-refractivity contribution is -0.146. The molecule has 7 heteroatoms. The van der Waals surface area contributed by atoms with E-state index in [1.54, 1.807) is 16.9 Å². The predicted molar refractivity (Wildman–Crippen MR) is 95.6 cm³/mol. The average molecular weight is 359 g/mol. The van der Waals surface area contributed by atoms with Crippen LogP contribution in [0.1, 0.15) is 25.3 Å². The van der Waals surface area contributed by atoms with Crippen LogP contribution in [-0.2, 0) is 20.8 Å². The second kappa shape index (κ2) is 7.76. The third kappa shape index (κ3) is 4.15. The first kappa shape index (κ1) is 18.2. The maximum absolute atomic E-state index is 12.5. The molecule has 0 bridgehead atoms. The van der Waals surface area contributed by atoms with Crippen LogP contribution in [0.15, 0.2) is 24.3 Å². The number of nitrogens with zero attached hydrogens (tertiary/aromatic N) is 2. The number of carbonyl (C=O) groups excluding carboxylic acids is 3. The van der Waals surface area contributed by atoms with Crippen LogP contribution in [0.3, 0.4) is 0 Å². The second-order valence-corrected chi connectivity index (χ2v) is 6.96. The van der Waals surface area contributed by atoms with Crippen molar-refractivity contribution in [2.75, 3.05) is 26.7 Å². The summed E-state index contributed by atoms with van der Waals surface area (Å²) in [5.74, 6) is 0.662. The van der Waals surface area contributed by atoms with Crippen molar-refractivity contribution in [2.24, 2.45) is 0 Å². The predicted octanol–water partition coefficient (Wildman–Crippen LogP) is 0.576. The van der Waals surface area contributed by atoms with Crippen molar-refractivity contribution in [3.63, 3.8) is 0 Å². The van der Waals surface area contributed by atoms with Crippen molar-refractivity contribution < 1.29 is 19.1 Å². The molecule has 7 nitrogen and oxygen atoms in total. The lowest BCUT2D eigenvalue weighted by Crippen LogP contribution is -2.55. The molecule has 2 heterocycles. The number of piperazine rings is 1. The summed E-state index contributed by atoms with van der Waals surface area (Å²) in [7, 11) is 1.62. The molecule has 1 aromatic carbocycles. The van der Waals surface area contributed by atoms with Gasteiger partial charge in [-0.3, -0.25) is 14.4 Å². The molecule has 2 saturated heterocycles. The number of amides is 3. The van der Waals surface area contributed by atoms with E-state index in [9.17, 15) is 14.4 Å². The number of aryl methyl sites for hydroxylation is 1. The van der Waals surface area contributed by atoms with Crippen LogP contribution in [-0.4, -0.2) is 66.3 Å². The van der Waals surface area contributed by atoms with E-state index in [2.05, 4.69) is 5.32 Å². The first-order chi connectivity index (χ1) is 12.5. The maximum atomic E-state index is 12.5. The van der Waals surface area contributed by atoms with E-state index in [0.29, 0.717) is 32.4 Å². The van der Waals surface area contributed by atoms with Gasteiger partial charge < -0.3 is 19.9 Å². The topological polar surface area (TPSA) is 79.0 Å². The van der Waals surface area contributed by atoms with Gasteiger partial charge in [-0.25, -0.2) is 0 Å². The van der Waals surface area contributed by atoms with Crippen LogP contribution in [0.4, 0.5) is 0 Å². The lowest BCUT2D eigenvalue weighted by Gasteiger charge is -2.37. The van der Waals surface area contributed by atoms with Crippen LogP contribution >= 0.6 is 0 Å². The standard InChI is InChI=1S/C19H25N3O4/c1-13(23)20-15-9-16-11-21(12-19(25)22(16)10-15)18(24)8-5-14-3-6-17(26-2)7-4-14/h3-4,6-7,15-16H,5,8-12H2,1-2H3,(H,20,23)/t15-,16-/m0/s1. The molecule has 0 saturated carbocycles. The monoisotopic (exact) mass is 359 g/mol. The van der Waals surface area contributed by atoms with Crippen molar-refractivity contribution in [3.8, 4) is 5.75 Å². The van der Waals surface area contributed by atoms with Crippen molar-refractivity contribution in [3.05, 3.63) is 29.8 Å². The van der Waals surface area contributed by atoms with Gasteiger partial charge in [0.2, 0.25) is 17.7 Å². The van der Waals surface area contributed by atoms with Gasteiger partial charge in [0, 0.05) is 32.5 Å². The van der Waals surface area contributed by atoms with E-state index in [-0.39, 0.29) is 36.3 Å². The molecule has 2 fully saturated rings. The number of fused-ring (bicyclic) bond motifs is 1. The summed E-state index contributed by atoms with van der Waals surface area (Å²) in [5.41, 5.74) is 1.07. The Morgan fingerprint density at radius 2 is 1.96 bits per heavy atom. The molecule has 2 atom stereocenters. The van der Waals surface area contributed by atoms with Crippen molar-refractivity contribution in [2.45, 2.75) is 38.3 Å². The summed E-state index contributed by atoms with van der Waals surface area (Å²) in [4.78, 5) is 39.6. The molecule has 0 aliphatic carbocycles. The highest BCUT2D eigenvalue weighted by Gasteiger charge is 2.41. The van der Waals surface area contributed by atoms with Crippen molar-refractivity contribution in [1.29, 1.82) is 0 Å². The van der Waals surface area contributed by atoms with Gasteiger partial charge in [-0.2, -0.15) is 0 Å². The largest absolute Gasteiger partial charge is 0.497 e. The molecule has 1 N–H and O–H groups in total. The molecule has 0 unspecified atom stereocenters. The molecule has 0 aromatic heterocycles. The van der Waals surface area contributed by atoms with Gasteiger partial charge in [0.05, 0.1) is 19.7 Å². The minimum Gasteiger partial charge on any atom is -0.497 e. The molecular weight excluding hydrogens is 334 g/mol. The van der Waals surface area contributed by atoms with Gasteiger partial charge in [0.15, 0.2) is 0 Å². The highest BCUT2D eigenvalue weighted by molar-refractivity contribution is 5.87. The zero-order valence-corrected chi connectivity index (χ0v) is 15.2. The van der Waals surface area contributed by atoms with E-state index in [4.69, 9.17) is 4.74 Å². The third-order valence-corrected chi connectivity index (χ3v) is 5.04. The number of rotatable bonds is 5. The fraction of sp³-hybridized carbons (Fsp3) is 0.526. The third-order valence-electron chi connectivity index (χ3n) is 5.04. The first-order valence-corrected chi connectivity index (χ1v) is 8.93. The highest BCUT2D eigenvalue weighted by atomic mass is 16.5. The van der Waals surface area contributed by atoms with Gasteiger partial charge in [-0.05, 0) is 30.5 Å². The van der Waals surface area contributed by atoms with Crippen LogP contribution in [0, 0.1) is 0 Å². The minimum atomic E-state index is -0.0882. The summed E-state index contributed by atoms with van der Waals surface area (Å²) in [5, 5.41) is 2.87. The normalized spacial score (nSPS) is 22.2. The average Bonchev–Trinajstić information content (AvgIpc) is 3.02. The summed E-state index contributed by atoms with van der Waals surface area (Å²) in [6, 6.07) is 7.63. The second-order valence-electron chi connectivity index (χ2n) is 6.96. The molecule has 3 rings (SSSR count). The molecule has 0 radical (unpaired) electrons. The van der Waals surface area contributed by atoms with Gasteiger partial charge in [-0.1, -0.05) is 12.1 Å². The van der Waals surface area contributed by atoms with Crippen LogP contribution in [0.2, 0.25) is 0 Å². The Morgan fingerprint density at radius 3 is 2.62 bits per heavy atom. The van der Waals surface area contributed by atoms with E-state index in [0.717, 1.165) is 11.3 Å². The maximum Gasteiger partial charge on any atom is 0.242 e. The Labute approximate surface area is 153 Å². The summed E-state index contributed by atoms with van der Waals surface area (Å²) in [6.45, 7) is 2.69.